The molecule has 2 aromatic carbocycles. The van der Waals surface area contributed by atoms with Crippen molar-refractivity contribution in [3.63, 3.8) is 0 Å². The smallest absolute Gasteiger partial charge is 0.240 e. The molecule has 1 aliphatic rings. The third-order valence-electron chi connectivity index (χ3n) is 4.55. The van der Waals surface area contributed by atoms with Crippen molar-refractivity contribution in [2.45, 2.75) is 17.9 Å². The molecule has 146 valence electrons. The molecule has 1 unspecified atom stereocenters. The Hall–Kier alpha value is -2.29. The summed E-state index contributed by atoms with van der Waals surface area (Å²) in [7, 11) is 1.72. The van der Waals surface area contributed by atoms with Crippen molar-refractivity contribution in [2.75, 3.05) is 34.5 Å². The molecule has 0 amide bonds. The van der Waals surface area contributed by atoms with Crippen molar-refractivity contribution in [2.24, 2.45) is 0 Å². The first-order chi connectivity index (χ1) is 12.8. The fourth-order valence-electron chi connectivity index (χ4n) is 3.01. The standard InChI is InChI=1S/C19H24N2O5S/c1-13-9-15(6-8-17(13)24-4)27(22,23)20-11-16(21(2)3)14-5-7-18-19(10-14)26-12-25-18/h5-10,16,20H,11-12H2,1-4H3. The van der Waals surface area contributed by atoms with Crippen LogP contribution in [0, 0.1) is 6.92 Å². The van der Waals surface area contributed by atoms with Gasteiger partial charge in [0.2, 0.25) is 16.8 Å². The third kappa shape index (κ3) is 4.18. The Bertz CT molecular complexity index is 928. The number of rotatable bonds is 7. The van der Waals surface area contributed by atoms with Crippen LogP contribution < -0.4 is 18.9 Å². The SMILES string of the molecule is COc1ccc(S(=O)(=O)NCC(c2ccc3c(c2)OCO3)N(C)C)cc1C. The Morgan fingerprint density at radius 1 is 1.15 bits per heavy atom. The number of nitrogens with one attached hydrogen (secondary N) is 1. The van der Waals surface area contributed by atoms with E-state index in [0.717, 1.165) is 11.1 Å². The van der Waals surface area contributed by atoms with Crippen molar-refractivity contribution >= 4 is 10.0 Å². The van der Waals surface area contributed by atoms with Crippen molar-refractivity contribution in [3.05, 3.63) is 47.5 Å². The fourth-order valence-corrected chi connectivity index (χ4v) is 4.13. The largest absolute Gasteiger partial charge is 0.496 e. The van der Waals surface area contributed by atoms with E-state index in [1.807, 2.05) is 44.1 Å². The maximum atomic E-state index is 12.7. The second-order valence-electron chi connectivity index (χ2n) is 6.58. The molecule has 0 radical (unpaired) electrons. The summed E-state index contributed by atoms with van der Waals surface area (Å²) in [6.45, 7) is 2.24. The zero-order valence-electron chi connectivity index (χ0n) is 15.9. The van der Waals surface area contributed by atoms with E-state index in [0.29, 0.717) is 17.2 Å². The first kappa shape index (κ1) is 19.5. The summed E-state index contributed by atoms with van der Waals surface area (Å²) in [5, 5.41) is 0. The van der Waals surface area contributed by atoms with Crippen LogP contribution in [0.3, 0.4) is 0 Å². The highest BCUT2D eigenvalue weighted by molar-refractivity contribution is 7.89. The molecule has 1 aliphatic heterocycles. The summed E-state index contributed by atoms with van der Waals surface area (Å²) in [5.74, 6) is 2.03. The van der Waals surface area contributed by atoms with Gasteiger partial charge >= 0.3 is 0 Å². The Balaban J connectivity index is 1.78. The third-order valence-corrected chi connectivity index (χ3v) is 5.97. The molecule has 0 spiro atoms. The molecule has 0 bridgehead atoms. The predicted octanol–water partition coefficient (Wildman–Crippen LogP) is 2.31. The number of methoxy groups -OCH3 is 1. The summed E-state index contributed by atoms with van der Waals surface area (Å²) in [6, 6.07) is 10.3. The van der Waals surface area contributed by atoms with Gasteiger partial charge in [0.05, 0.1) is 12.0 Å². The molecule has 2 aromatic rings. The van der Waals surface area contributed by atoms with Crippen LogP contribution in [0.15, 0.2) is 41.3 Å². The van der Waals surface area contributed by atoms with Gasteiger partial charge < -0.3 is 19.1 Å². The summed E-state index contributed by atoms with van der Waals surface area (Å²) in [4.78, 5) is 2.17. The highest BCUT2D eigenvalue weighted by atomic mass is 32.2. The molecule has 0 aliphatic carbocycles. The van der Waals surface area contributed by atoms with Crippen molar-refractivity contribution < 1.29 is 22.6 Å². The molecule has 8 heteroatoms. The molecular weight excluding hydrogens is 368 g/mol. The highest BCUT2D eigenvalue weighted by Gasteiger charge is 2.22. The van der Waals surface area contributed by atoms with E-state index < -0.39 is 10.0 Å². The summed E-state index contributed by atoms with van der Waals surface area (Å²) < 4.78 is 44.1. The molecule has 27 heavy (non-hydrogen) atoms. The number of fused-ring (bicyclic) bond motifs is 1. The van der Waals surface area contributed by atoms with Gasteiger partial charge in [-0.2, -0.15) is 0 Å². The maximum absolute atomic E-state index is 12.7. The quantitative estimate of drug-likeness (QED) is 0.779. The predicted molar refractivity (Wildman–Crippen MR) is 102 cm³/mol. The van der Waals surface area contributed by atoms with Crippen LogP contribution in [0.1, 0.15) is 17.2 Å². The number of benzene rings is 2. The molecule has 1 N–H and O–H groups in total. The number of nitrogens with zero attached hydrogens (tertiary/aromatic N) is 1. The van der Waals surface area contributed by atoms with E-state index in [2.05, 4.69) is 4.72 Å². The molecule has 1 heterocycles. The first-order valence-electron chi connectivity index (χ1n) is 8.52. The van der Waals surface area contributed by atoms with Gasteiger partial charge in [-0.25, -0.2) is 13.1 Å². The number of ether oxygens (including phenoxy) is 3. The number of aryl methyl sites for hydroxylation is 1. The van der Waals surface area contributed by atoms with Crippen molar-refractivity contribution in [1.82, 2.24) is 9.62 Å². The molecule has 0 fully saturated rings. The molecular formula is C19H24N2O5S. The van der Waals surface area contributed by atoms with Crippen LogP contribution in [0.5, 0.6) is 17.2 Å². The van der Waals surface area contributed by atoms with Crippen molar-refractivity contribution in [3.8, 4) is 17.2 Å². The number of hydrogen-bond acceptors (Lipinski definition) is 6. The molecule has 3 rings (SSSR count). The maximum Gasteiger partial charge on any atom is 0.240 e. The minimum Gasteiger partial charge on any atom is -0.496 e. The van der Waals surface area contributed by atoms with E-state index in [4.69, 9.17) is 14.2 Å². The monoisotopic (exact) mass is 392 g/mol. The van der Waals surface area contributed by atoms with E-state index in [1.54, 1.807) is 25.3 Å². The van der Waals surface area contributed by atoms with Crippen LogP contribution in [0.2, 0.25) is 0 Å². The molecule has 0 saturated heterocycles. The minimum absolute atomic E-state index is 0.159. The van der Waals surface area contributed by atoms with Gasteiger partial charge in [0.25, 0.3) is 0 Å². The number of likely N-dealkylation sites (N-methyl/N-ethyl adjacent to an activating group) is 1. The van der Waals surface area contributed by atoms with E-state index in [1.165, 1.54) is 0 Å². The van der Waals surface area contributed by atoms with Gasteiger partial charge in [0.1, 0.15) is 5.75 Å². The molecule has 1 atom stereocenters. The Labute approximate surface area is 159 Å². The summed E-state index contributed by atoms with van der Waals surface area (Å²) in [5.41, 5.74) is 1.71. The summed E-state index contributed by atoms with van der Waals surface area (Å²) >= 11 is 0. The fraction of sp³-hybridized carbons (Fsp3) is 0.368. The normalized spacial score (nSPS) is 14.4. The average Bonchev–Trinajstić information content (AvgIpc) is 3.09. The molecule has 7 nitrogen and oxygen atoms in total. The van der Waals surface area contributed by atoms with E-state index in [9.17, 15) is 8.42 Å². The van der Waals surface area contributed by atoms with Gasteiger partial charge in [-0.3, -0.25) is 0 Å². The lowest BCUT2D eigenvalue weighted by molar-refractivity contribution is 0.174. The van der Waals surface area contributed by atoms with Crippen LogP contribution in [0.25, 0.3) is 0 Å². The first-order valence-corrected chi connectivity index (χ1v) is 10.0. The van der Waals surface area contributed by atoms with Gasteiger partial charge in [0.15, 0.2) is 11.5 Å². The number of sulfonamides is 1. The minimum atomic E-state index is -3.64. The van der Waals surface area contributed by atoms with E-state index >= 15 is 0 Å². The lowest BCUT2D eigenvalue weighted by Crippen LogP contribution is -2.34. The second-order valence-corrected chi connectivity index (χ2v) is 8.34. The second kappa shape index (κ2) is 7.75. The van der Waals surface area contributed by atoms with Crippen LogP contribution in [0.4, 0.5) is 0 Å². The Morgan fingerprint density at radius 2 is 1.89 bits per heavy atom. The van der Waals surface area contributed by atoms with Gasteiger partial charge in [-0.1, -0.05) is 6.07 Å². The van der Waals surface area contributed by atoms with Crippen LogP contribution >= 0.6 is 0 Å². The number of hydrogen-bond donors (Lipinski definition) is 1. The van der Waals surface area contributed by atoms with Gasteiger partial charge in [-0.15, -0.1) is 0 Å². The van der Waals surface area contributed by atoms with Gasteiger partial charge in [-0.05, 0) is 62.5 Å². The van der Waals surface area contributed by atoms with E-state index in [-0.39, 0.29) is 24.3 Å². The average molecular weight is 392 g/mol. The summed E-state index contributed by atoms with van der Waals surface area (Å²) in [6.07, 6.45) is 0. The Morgan fingerprint density at radius 3 is 2.56 bits per heavy atom. The highest BCUT2D eigenvalue weighted by Crippen LogP contribution is 2.35. The topological polar surface area (TPSA) is 77.1 Å². The lowest BCUT2D eigenvalue weighted by Gasteiger charge is -2.25. The van der Waals surface area contributed by atoms with Crippen molar-refractivity contribution in [1.29, 1.82) is 0 Å². The van der Waals surface area contributed by atoms with Crippen LogP contribution in [-0.4, -0.2) is 47.9 Å². The zero-order chi connectivity index (χ0) is 19.6. The molecule has 0 aromatic heterocycles. The zero-order valence-corrected chi connectivity index (χ0v) is 16.7. The Kier molecular flexibility index (Phi) is 5.59. The molecule has 0 saturated carbocycles. The van der Waals surface area contributed by atoms with Gasteiger partial charge in [0, 0.05) is 12.6 Å². The lowest BCUT2D eigenvalue weighted by atomic mass is 10.1. The van der Waals surface area contributed by atoms with Crippen LogP contribution in [-0.2, 0) is 10.0 Å².